The van der Waals surface area contributed by atoms with Gasteiger partial charge in [0.2, 0.25) is 0 Å². The first-order chi connectivity index (χ1) is 8.65. The molecule has 1 unspecified atom stereocenters. The van der Waals surface area contributed by atoms with Gasteiger partial charge in [-0.2, -0.15) is 11.8 Å². The lowest BCUT2D eigenvalue weighted by Crippen LogP contribution is -2.40. The number of nitrogens with one attached hydrogen (secondary N) is 1. The van der Waals surface area contributed by atoms with Crippen molar-refractivity contribution in [2.45, 2.75) is 56.7 Å². The topological polar surface area (TPSA) is 25.2 Å². The first-order valence-electron chi connectivity index (χ1n) is 7.00. The molecule has 18 heavy (non-hydrogen) atoms. The lowest BCUT2D eigenvalue weighted by atomic mass is 9.88. The third-order valence-corrected chi connectivity index (χ3v) is 5.53. The number of furan rings is 1. The second-order valence-corrected chi connectivity index (χ2v) is 6.77. The Labute approximate surface area is 115 Å². The Balaban J connectivity index is 1.89. The third-order valence-electron chi connectivity index (χ3n) is 4.12. The molecule has 0 spiro atoms. The lowest BCUT2D eigenvalue weighted by molar-refractivity contribution is 0.348. The van der Waals surface area contributed by atoms with Crippen LogP contribution < -0.4 is 5.32 Å². The first kappa shape index (κ1) is 14.0. The predicted octanol–water partition coefficient (Wildman–Crippen LogP) is 4.30. The summed E-state index contributed by atoms with van der Waals surface area (Å²) in [6, 6.07) is 4.43. The zero-order chi connectivity index (χ0) is 13.0. The average molecular weight is 267 g/mol. The minimum absolute atomic E-state index is 0.310. The average Bonchev–Trinajstić information content (AvgIpc) is 2.84. The van der Waals surface area contributed by atoms with Crippen LogP contribution in [-0.4, -0.2) is 17.5 Å². The minimum Gasteiger partial charge on any atom is -0.465 e. The molecule has 1 aromatic heterocycles. The highest BCUT2D eigenvalue weighted by molar-refractivity contribution is 8.00. The van der Waals surface area contributed by atoms with E-state index in [-0.39, 0.29) is 0 Å². The minimum atomic E-state index is 0.310. The molecule has 1 saturated carbocycles. The summed E-state index contributed by atoms with van der Waals surface area (Å²) >= 11 is 2.04. The zero-order valence-electron chi connectivity index (χ0n) is 11.8. The van der Waals surface area contributed by atoms with E-state index in [0.29, 0.717) is 10.8 Å². The molecule has 1 N–H and O–H groups in total. The van der Waals surface area contributed by atoms with Crippen molar-refractivity contribution >= 4 is 11.8 Å². The van der Waals surface area contributed by atoms with E-state index in [1.54, 1.807) is 0 Å². The molecule has 1 heterocycles. The van der Waals surface area contributed by atoms with Crippen LogP contribution >= 0.6 is 11.8 Å². The summed E-state index contributed by atoms with van der Waals surface area (Å²) in [4.78, 5) is 0. The summed E-state index contributed by atoms with van der Waals surface area (Å²) in [6.45, 7) is 5.28. The smallest absolute Gasteiger partial charge is 0.120 e. The molecule has 3 heteroatoms. The zero-order valence-corrected chi connectivity index (χ0v) is 12.6. The van der Waals surface area contributed by atoms with Crippen LogP contribution in [0.2, 0.25) is 0 Å². The van der Waals surface area contributed by atoms with E-state index in [1.165, 1.54) is 32.1 Å². The van der Waals surface area contributed by atoms with Gasteiger partial charge in [0, 0.05) is 11.3 Å². The van der Waals surface area contributed by atoms with Gasteiger partial charge in [-0.05, 0) is 45.1 Å². The fourth-order valence-corrected chi connectivity index (χ4v) is 3.70. The fourth-order valence-electron chi connectivity index (χ4n) is 2.78. The van der Waals surface area contributed by atoms with Gasteiger partial charge in [0.05, 0.1) is 6.04 Å². The van der Waals surface area contributed by atoms with E-state index in [9.17, 15) is 0 Å². The summed E-state index contributed by atoms with van der Waals surface area (Å²) in [6.07, 6.45) is 9.15. The number of hydrogen-bond donors (Lipinski definition) is 1. The Hall–Kier alpha value is -0.410. The molecule has 0 saturated heterocycles. The maximum absolute atomic E-state index is 5.68. The lowest BCUT2D eigenvalue weighted by Gasteiger charge is -2.36. The fraction of sp³-hybridized carbons (Fsp3) is 0.733. The molecular formula is C15H25NOS. The number of hydrogen-bond acceptors (Lipinski definition) is 3. The molecular weight excluding hydrogens is 242 g/mol. The molecule has 1 fully saturated rings. The van der Waals surface area contributed by atoms with E-state index in [2.05, 4.69) is 24.6 Å². The maximum atomic E-state index is 5.68. The van der Waals surface area contributed by atoms with Crippen molar-refractivity contribution in [2.75, 3.05) is 12.8 Å². The quantitative estimate of drug-likeness (QED) is 0.861. The highest BCUT2D eigenvalue weighted by atomic mass is 32.2. The van der Waals surface area contributed by atoms with Crippen LogP contribution in [0.25, 0.3) is 0 Å². The summed E-state index contributed by atoms with van der Waals surface area (Å²) in [5.41, 5.74) is 0. The standard InChI is InChI=1S/C15H25NOS/c1-12-7-8-14(17-12)13(2)16-11-15(18-3)9-5-4-6-10-15/h7-8,13,16H,4-6,9-11H2,1-3H3. The van der Waals surface area contributed by atoms with Gasteiger partial charge >= 0.3 is 0 Å². The molecule has 1 aliphatic rings. The molecule has 0 radical (unpaired) electrons. The van der Waals surface area contributed by atoms with Gasteiger partial charge in [0.1, 0.15) is 11.5 Å². The summed E-state index contributed by atoms with van der Waals surface area (Å²) in [5, 5.41) is 3.66. The summed E-state index contributed by atoms with van der Waals surface area (Å²) < 4.78 is 6.13. The van der Waals surface area contributed by atoms with E-state index >= 15 is 0 Å². The molecule has 0 aromatic carbocycles. The van der Waals surface area contributed by atoms with E-state index in [4.69, 9.17) is 4.42 Å². The normalized spacial score (nSPS) is 20.8. The Morgan fingerprint density at radius 1 is 1.33 bits per heavy atom. The van der Waals surface area contributed by atoms with Crippen molar-refractivity contribution < 1.29 is 4.42 Å². The monoisotopic (exact) mass is 267 g/mol. The van der Waals surface area contributed by atoms with Crippen LogP contribution in [0.3, 0.4) is 0 Å². The van der Waals surface area contributed by atoms with Gasteiger partial charge < -0.3 is 9.73 Å². The molecule has 0 aliphatic heterocycles. The van der Waals surface area contributed by atoms with Gasteiger partial charge in [0.15, 0.2) is 0 Å². The van der Waals surface area contributed by atoms with Crippen molar-refractivity contribution in [3.05, 3.63) is 23.7 Å². The van der Waals surface area contributed by atoms with Crippen molar-refractivity contribution in [3.8, 4) is 0 Å². The van der Waals surface area contributed by atoms with Gasteiger partial charge in [-0.15, -0.1) is 0 Å². The van der Waals surface area contributed by atoms with E-state index < -0.39 is 0 Å². The Morgan fingerprint density at radius 2 is 2.06 bits per heavy atom. The molecule has 1 atom stereocenters. The Morgan fingerprint density at radius 3 is 2.61 bits per heavy atom. The van der Waals surface area contributed by atoms with Gasteiger partial charge in [-0.3, -0.25) is 0 Å². The number of aryl methyl sites for hydroxylation is 1. The van der Waals surface area contributed by atoms with Crippen LogP contribution in [0, 0.1) is 6.92 Å². The van der Waals surface area contributed by atoms with Crippen molar-refractivity contribution in [3.63, 3.8) is 0 Å². The summed E-state index contributed by atoms with van der Waals surface area (Å²) in [7, 11) is 0. The van der Waals surface area contributed by atoms with Gasteiger partial charge in [0.25, 0.3) is 0 Å². The van der Waals surface area contributed by atoms with Crippen LogP contribution in [0.15, 0.2) is 16.5 Å². The first-order valence-corrected chi connectivity index (χ1v) is 8.22. The largest absolute Gasteiger partial charge is 0.465 e. The second-order valence-electron chi connectivity index (χ2n) is 5.50. The van der Waals surface area contributed by atoms with Crippen molar-refractivity contribution in [1.82, 2.24) is 5.32 Å². The molecule has 0 bridgehead atoms. The number of thioether (sulfide) groups is 1. The van der Waals surface area contributed by atoms with Gasteiger partial charge in [-0.1, -0.05) is 19.3 Å². The van der Waals surface area contributed by atoms with Crippen LogP contribution in [0.5, 0.6) is 0 Å². The van der Waals surface area contributed by atoms with Crippen molar-refractivity contribution in [2.24, 2.45) is 0 Å². The van der Waals surface area contributed by atoms with E-state index in [0.717, 1.165) is 18.1 Å². The van der Waals surface area contributed by atoms with Crippen molar-refractivity contribution in [1.29, 1.82) is 0 Å². The molecule has 2 nitrogen and oxygen atoms in total. The van der Waals surface area contributed by atoms with Crippen LogP contribution in [0.1, 0.15) is 56.6 Å². The highest BCUT2D eigenvalue weighted by Crippen LogP contribution is 2.38. The molecule has 2 rings (SSSR count). The highest BCUT2D eigenvalue weighted by Gasteiger charge is 2.31. The maximum Gasteiger partial charge on any atom is 0.120 e. The SMILES string of the molecule is CSC1(CNC(C)c2ccc(C)o2)CCCCC1. The number of rotatable bonds is 5. The van der Waals surface area contributed by atoms with Gasteiger partial charge in [-0.25, -0.2) is 0 Å². The molecule has 1 aliphatic carbocycles. The Kier molecular flexibility index (Phi) is 4.79. The molecule has 1 aromatic rings. The second kappa shape index (κ2) is 6.16. The molecule has 102 valence electrons. The molecule has 0 amide bonds. The Bertz CT molecular complexity index is 368. The third kappa shape index (κ3) is 3.33. The van der Waals surface area contributed by atoms with Crippen LogP contribution in [0.4, 0.5) is 0 Å². The van der Waals surface area contributed by atoms with Crippen LogP contribution in [-0.2, 0) is 0 Å². The van der Waals surface area contributed by atoms with E-state index in [1.807, 2.05) is 24.8 Å². The predicted molar refractivity (Wildman–Crippen MR) is 79.2 cm³/mol. The summed E-state index contributed by atoms with van der Waals surface area (Å²) in [5.74, 6) is 2.05.